The molecule has 2 aromatic heterocycles. The Bertz CT molecular complexity index is 786. The van der Waals surface area contributed by atoms with Gasteiger partial charge in [-0.1, -0.05) is 5.16 Å². The molecule has 0 saturated carbocycles. The molecule has 0 radical (unpaired) electrons. The molecule has 23 heavy (non-hydrogen) atoms. The van der Waals surface area contributed by atoms with E-state index < -0.39 is 5.91 Å². The number of thiophene rings is 1. The van der Waals surface area contributed by atoms with Gasteiger partial charge in [0.15, 0.2) is 6.10 Å². The first-order valence-corrected chi connectivity index (χ1v) is 9.09. The van der Waals surface area contributed by atoms with E-state index >= 15 is 0 Å². The van der Waals surface area contributed by atoms with Crippen molar-refractivity contribution in [3.8, 4) is 9.88 Å². The number of oxime groups is 1. The highest BCUT2D eigenvalue weighted by Crippen LogP contribution is 2.31. The fourth-order valence-electron chi connectivity index (χ4n) is 1.90. The quantitative estimate of drug-likeness (QED) is 0.779. The Hall–Kier alpha value is -1.78. The van der Waals surface area contributed by atoms with Gasteiger partial charge in [-0.15, -0.1) is 22.7 Å². The van der Waals surface area contributed by atoms with Crippen molar-refractivity contribution >= 4 is 56.1 Å². The SMILES string of the molecule is NC(=O)C1=NO[C@H](CNC(=O)c2csc(-c3cc(Br)cs3)n2)C1. The predicted molar refractivity (Wildman–Crippen MR) is 91.6 cm³/mol. The van der Waals surface area contributed by atoms with Crippen LogP contribution < -0.4 is 11.1 Å². The molecule has 0 spiro atoms. The highest BCUT2D eigenvalue weighted by molar-refractivity contribution is 9.10. The molecule has 7 nitrogen and oxygen atoms in total. The number of aromatic nitrogens is 1. The van der Waals surface area contributed by atoms with Gasteiger partial charge in [0, 0.05) is 21.7 Å². The average molecular weight is 415 g/mol. The molecule has 0 aliphatic carbocycles. The van der Waals surface area contributed by atoms with Crippen LogP contribution in [-0.4, -0.2) is 35.2 Å². The van der Waals surface area contributed by atoms with E-state index in [9.17, 15) is 9.59 Å². The van der Waals surface area contributed by atoms with E-state index in [0.29, 0.717) is 12.1 Å². The van der Waals surface area contributed by atoms with Gasteiger partial charge in [0.1, 0.15) is 16.4 Å². The maximum atomic E-state index is 12.1. The minimum atomic E-state index is -0.606. The van der Waals surface area contributed by atoms with Crippen molar-refractivity contribution in [1.82, 2.24) is 10.3 Å². The van der Waals surface area contributed by atoms with Crippen molar-refractivity contribution in [2.24, 2.45) is 10.9 Å². The minimum Gasteiger partial charge on any atom is -0.390 e. The molecule has 3 heterocycles. The number of thiazole rings is 1. The first kappa shape index (κ1) is 16.1. The summed E-state index contributed by atoms with van der Waals surface area (Å²) in [6.07, 6.45) is -0.0889. The van der Waals surface area contributed by atoms with Crippen LogP contribution in [0.15, 0.2) is 26.5 Å². The third kappa shape index (κ3) is 3.77. The third-order valence-corrected chi connectivity index (χ3v) is 5.73. The lowest BCUT2D eigenvalue weighted by Crippen LogP contribution is -2.33. The number of primary amides is 1. The lowest BCUT2D eigenvalue weighted by Gasteiger charge is -2.08. The molecule has 3 rings (SSSR count). The fourth-order valence-corrected chi connectivity index (χ4v) is 4.20. The van der Waals surface area contributed by atoms with Gasteiger partial charge in [-0.2, -0.15) is 0 Å². The minimum absolute atomic E-state index is 0.184. The van der Waals surface area contributed by atoms with E-state index in [1.165, 1.54) is 11.3 Å². The second-order valence-electron chi connectivity index (χ2n) is 4.71. The van der Waals surface area contributed by atoms with Crippen LogP contribution in [-0.2, 0) is 9.63 Å². The van der Waals surface area contributed by atoms with Crippen molar-refractivity contribution < 1.29 is 14.4 Å². The molecule has 1 aliphatic heterocycles. The van der Waals surface area contributed by atoms with Crippen molar-refractivity contribution in [3.05, 3.63) is 27.0 Å². The van der Waals surface area contributed by atoms with Gasteiger partial charge in [-0.05, 0) is 22.0 Å². The summed E-state index contributed by atoms with van der Waals surface area (Å²) in [5, 5.41) is 10.8. The van der Waals surface area contributed by atoms with Crippen LogP contribution in [0.5, 0.6) is 0 Å². The first-order chi connectivity index (χ1) is 11.0. The molecule has 2 amide bonds. The van der Waals surface area contributed by atoms with Crippen molar-refractivity contribution in [2.75, 3.05) is 6.54 Å². The van der Waals surface area contributed by atoms with Crippen molar-refractivity contribution in [2.45, 2.75) is 12.5 Å². The van der Waals surface area contributed by atoms with E-state index in [1.54, 1.807) is 16.7 Å². The molecule has 0 fully saturated rings. The van der Waals surface area contributed by atoms with Gasteiger partial charge in [0.2, 0.25) is 0 Å². The lowest BCUT2D eigenvalue weighted by atomic mass is 10.2. The number of hydrogen-bond acceptors (Lipinski definition) is 7. The van der Waals surface area contributed by atoms with Crippen LogP contribution in [0.1, 0.15) is 16.9 Å². The maximum absolute atomic E-state index is 12.1. The van der Waals surface area contributed by atoms with Gasteiger partial charge in [-0.25, -0.2) is 4.98 Å². The summed E-state index contributed by atoms with van der Waals surface area (Å²) in [5.74, 6) is -0.899. The Morgan fingerprint density at radius 2 is 2.26 bits per heavy atom. The zero-order valence-electron chi connectivity index (χ0n) is 11.6. The van der Waals surface area contributed by atoms with E-state index in [1.807, 2.05) is 11.4 Å². The summed E-state index contributed by atoms with van der Waals surface area (Å²) in [6.45, 7) is 0.233. The first-order valence-electron chi connectivity index (χ1n) is 6.53. The van der Waals surface area contributed by atoms with Gasteiger partial charge >= 0.3 is 0 Å². The monoisotopic (exact) mass is 414 g/mol. The Labute approximate surface area is 147 Å². The zero-order valence-corrected chi connectivity index (χ0v) is 14.8. The molecular weight excluding hydrogens is 404 g/mol. The summed E-state index contributed by atoms with van der Waals surface area (Å²) in [4.78, 5) is 33.4. The summed E-state index contributed by atoms with van der Waals surface area (Å²) in [6, 6.07) is 1.96. The maximum Gasteiger partial charge on any atom is 0.270 e. The topological polar surface area (TPSA) is 107 Å². The molecule has 10 heteroatoms. The molecule has 3 N–H and O–H groups in total. The van der Waals surface area contributed by atoms with Crippen LogP contribution in [0.3, 0.4) is 0 Å². The highest BCUT2D eigenvalue weighted by Gasteiger charge is 2.25. The smallest absolute Gasteiger partial charge is 0.270 e. The number of carbonyl (C=O) groups is 2. The number of carbonyl (C=O) groups excluding carboxylic acids is 2. The van der Waals surface area contributed by atoms with Crippen LogP contribution in [0.4, 0.5) is 0 Å². The van der Waals surface area contributed by atoms with Crippen LogP contribution in [0.2, 0.25) is 0 Å². The Morgan fingerprint density at radius 3 is 2.91 bits per heavy atom. The molecule has 2 aromatic rings. The number of hydrogen-bond donors (Lipinski definition) is 2. The van der Waals surface area contributed by atoms with Crippen LogP contribution in [0, 0.1) is 0 Å². The van der Waals surface area contributed by atoms with Gasteiger partial charge in [0.05, 0.1) is 11.4 Å². The number of amides is 2. The second-order valence-corrected chi connectivity index (χ2v) is 7.40. The Balaban J connectivity index is 1.55. The van der Waals surface area contributed by atoms with Gasteiger partial charge in [-0.3, -0.25) is 9.59 Å². The van der Waals surface area contributed by atoms with Crippen LogP contribution in [0.25, 0.3) is 9.88 Å². The van der Waals surface area contributed by atoms with E-state index in [-0.39, 0.29) is 24.3 Å². The number of nitrogens with one attached hydrogen (secondary N) is 1. The normalized spacial score (nSPS) is 16.7. The van der Waals surface area contributed by atoms with E-state index in [4.69, 9.17) is 10.6 Å². The number of rotatable bonds is 5. The summed E-state index contributed by atoms with van der Waals surface area (Å²) in [5.41, 5.74) is 5.65. The van der Waals surface area contributed by atoms with Crippen molar-refractivity contribution in [1.29, 1.82) is 0 Å². The number of nitrogens with two attached hydrogens (primary N) is 1. The van der Waals surface area contributed by atoms with E-state index in [2.05, 4.69) is 31.4 Å². The molecule has 1 aliphatic rings. The van der Waals surface area contributed by atoms with Crippen LogP contribution >= 0.6 is 38.6 Å². The molecule has 0 bridgehead atoms. The molecule has 0 aromatic carbocycles. The molecule has 0 saturated heterocycles. The zero-order chi connectivity index (χ0) is 16.4. The number of halogens is 1. The second kappa shape index (κ2) is 6.77. The fraction of sp³-hybridized carbons (Fsp3) is 0.231. The molecule has 120 valence electrons. The highest BCUT2D eigenvalue weighted by atomic mass is 79.9. The standard InChI is InChI=1S/C13H11BrN4O3S2/c14-6-1-10(22-4-6)13-17-9(5-23-13)12(20)16-3-7-2-8(11(15)19)18-21-7/h1,4-5,7H,2-3H2,(H2,15,19)(H,16,20)/t7-/m0/s1. The number of nitrogens with zero attached hydrogens (tertiary/aromatic N) is 2. The van der Waals surface area contributed by atoms with Gasteiger partial charge < -0.3 is 15.9 Å². The average Bonchev–Trinajstić information content (AvgIpc) is 3.24. The third-order valence-electron chi connectivity index (χ3n) is 3.02. The van der Waals surface area contributed by atoms with Gasteiger partial charge in [0.25, 0.3) is 11.8 Å². The predicted octanol–water partition coefficient (Wildman–Crippen LogP) is 1.99. The Kier molecular flexibility index (Phi) is 4.74. The van der Waals surface area contributed by atoms with Crippen molar-refractivity contribution in [3.63, 3.8) is 0 Å². The van der Waals surface area contributed by atoms with E-state index in [0.717, 1.165) is 14.4 Å². The lowest BCUT2D eigenvalue weighted by molar-refractivity contribution is -0.112. The molecule has 1 atom stereocenters. The molecule has 0 unspecified atom stereocenters. The Morgan fingerprint density at radius 1 is 1.43 bits per heavy atom. The molecular formula is C13H11BrN4O3S2. The largest absolute Gasteiger partial charge is 0.390 e. The summed E-state index contributed by atoms with van der Waals surface area (Å²) < 4.78 is 0.988. The summed E-state index contributed by atoms with van der Waals surface area (Å²) in [7, 11) is 0. The summed E-state index contributed by atoms with van der Waals surface area (Å²) >= 11 is 6.36.